The predicted molar refractivity (Wildman–Crippen MR) is 238 cm³/mol. The van der Waals surface area contributed by atoms with E-state index in [-0.39, 0.29) is 33.5 Å². The van der Waals surface area contributed by atoms with Gasteiger partial charge in [0.05, 0.1) is 15.4 Å². The first kappa shape index (κ1) is 44.1. The van der Waals surface area contributed by atoms with Crippen molar-refractivity contribution in [3.05, 3.63) is 142 Å². The predicted octanol–water partition coefficient (Wildman–Crippen LogP) is 7.04. The molecule has 0 spiro atoms. The number of nitrogens with zero attached hydrogens (tertiary/aromatic N) is 4. The average molecular weight is 872 g/mol. The van der Waals surface area contributed by atoms with E-state index in [1.807, 2.05) is 79.7 Å². The third-order valence-corrected chi connectivity index (χ3v) is 12.9. The summed E-state index contributed by atoms with van der Waals surface area (Å²) in [6, 6.07) is 34.5. The second-order valence-corrected chi connectivity index (χ2v) is 17.8. The summed E-state index contributed by atoms with van der Waals surface area (Å²) in [5.41, 5.74) is 9.79. The Kier molecular flexibility index (Phi) is 14.9. The maximum absolute atomic E-state index is 13.7. The van der Waals surface area contributed by atoms with Gasteiger partial charge in [-0.15, -0.1) is 11.8 Å². The lowest BCUT2D eigenvalue weighted by Crippen LogP contribution is -2.46. The summed E-state index contributed by atoms with van der Waals surface area (Å²) in [7, 11) is 0.368. The molecule has 6 rings (SSSR count). The SMILES string of the molecule is CO[N+](=O)c1cc(S(=O)(=O)NC(=O)c2ccc(N3CCN(Cc4ccccc4-c4ccc(Cl)cc4)CC3)cc2)cc(C(N)=O)c1N[C@H](CCN(C)C)CSc1ccccc1. The largest absolute Gasteiger partial charge is 0.375 e. The first-order chi connectivity index (χ1) is 28.8. The number of carbonyl (C=O) groups is 2. The van der Waals surface area contributed by atoms with E-state index < -0.39 is 26.7 Å². The van der Waals surface area contributed by atoms with E-state index in [0.29, 0.717) is 23.7 Å². The van der Waals surface area contributed by atoms with Crippen LogP contribution in [-0.2, 0) is 21.4 Å². The van der Waals surface area contributed by atoms with Crippen LogP contribution in [0.3, 0.4) is 0 Å². The highest BCUT2D eigenvalue weighted by molar-refractivity contribution is 7.99. The number of nitrogens with one attached hydrogen (secondary N) is 2. The zero-order chi connectivity index (χ0) is 42.8. The number of sulfonamides is 1. The van der Waals surface area contributed by atoms with Crippen molar-refractivity contribution in [2.75, 3.05) is 69.9 Å². The molecule has 0 unspecified atom stereocenters. The summed E-state index contributed by atoms with van der Waals surface area (Å²) >= 11 is 7.71. The van der Waals surface area contributed by atoms with E-state index in [2.05, 4.69) is 38.0 Å². The Hall–Kier alpha value is -5.45. The molecule has 4 N–H and O–H groups in total. The van der Waals surface area contributed by atoms with Crippen molar-refractivity contribution in [2.45, 2.75) is 28.8 Å². The molecule has 1 heterocycles. The van der Waals surface area contributed by atoms with Crippen molar-refractivity contribution in [3.8, 4) is 11.1 Å². The van der Waals surface area contributed by atoms with E-state index in [1.165, 1.54) is 11.1 Å². The minimum Gasteiger partial charge on any atom is -0.375 e. The number of thioether (sulfide) groups is 1. The van der Waals surface area contributed by atoms with Crippen molar-refractivity contribution in [1.82, 2.24) is 14.5 Å². The van der Waals surface area contributed by atoms with Crippen LogP contribution in [0.5, 0.6) is 0 Å². The van der Waals surface area contributed by atoms with Gasteiger partial charge in [-0.25, -0.2) is 18.0 Å². The minimum atomic E-state index is -4.62. The van der Waals surface area contributed by atoms with Gasteiger partial charge in [-0.3, -0.25) is 14.5 Å². The lowest BCUT2D eigenvalue weighted by Gasteiger charge is -2.36. The number of amides is 2. The Morgan fingerprint density at radius 2 is 1.58 bits per heavy atom. The highest BCUT2D eigenvalue weighted by Crippen LogP contribution is 2.34. The fraction of sp³-hybridized carbons (Fsp3) is 0.273. The molecule has 0 saturated carbocycles. The Morgan fingerprint density at radius 1 is 0.917 bits per heavy atom. The van der Waals surface area contributed by atoms with Crippen molar-refractivity contribution in [1.29, 1.82) is 0 Å². The molecule has 1 saturated heterocycles. The maximum atomic E-state index is 13.7. The van der Waals surface area contributed by atoms with Crippen LogP contribution >= 0.6 is 23.4 Å². The molecule has 13 nitrogen and oxygen atoms in total. The van der Waals surface area contributed by atoms with Crippen LogP contribution in [0.1, 0.15) is 32.7 Å². The molecule has 5 aromatic carbocycles. The van der Waals surface area contributed by atoms with Gasteiger partial charge in [0.1, 0.15) is 5.69 Å². The number of hydrogen-bond donors (Lipinski definition) is 3. The lowest BCUT2D eigenvalue weighted by atomic mass is 9.99. The Balaban J connectivity index is 1.13. The molecule has 0 aliphatic carbocycles. The van der Waals surface area contributed by atoms with Gasteiger partial charge in [-0.2, -0.15) is 0 Å². The van der Waals surface area contributed by atoms with Crippen molar-refractivity contribution in [3.63, 3.8) is 0 Å². The highest BCUT2D eigenvalue weighted by Gasteiger charge is 2.33. The second-order valence-electron chi connectivity index (χ2n) is 14.6. The van der Waals surface area contributed by atoms with Crippen LogP contribution in [0.25, 0.3) is 11.1 Å². The average Bonchev–Trinajstić information content (AvgIpc) is 3.25. The molecular weight excluding hydrogens is 822 g/mol. The number of piperazine rings is 1. The monoisotopic (exact) mass is 870 g/mol. The Bertz CT molecular complexity index is 2400. The van der Waals surface area contributed by atoms with E-state index in [4.69, 9.17) is 22.2 Å². The summed E-state index contributed by atoms with van der Waals surface area (Å²) in [5.74, 6) is -1.32. The molecule has 1 aliphatic heterocycles. The van der Waals surface area contributed by atoms with Crippen LogP contribution in [0, 0.1) is 4.91 Å². The number of primary amides is 1. The summed E-state index contributed by atoms with van der Waals surface area (Å²) in [6.07, 6.45) is 0.613. The number of hydrogen-bond acceptors (Lipinski definition) is 11. The van der Waals surface area contributed by atoms with Gasteiger partial charge in [-0.05, 0) is 98.3 Å². The van der Waals surface area contributed by atoms with Gasteiger partial charge in [0.25, 0.3) is 26.8 Å². The minimum absolute atomic E-state index is 0.0150. The third kappa shape index (κ3) is 11.4. The van der Waals surface area contributed by atoms with Gasteiger partial charge in [0.2, 0.25) is 0 Å². The first-order valence-corrected chi connectivity index (χ1v) is 22.2. The number of carbonyl (C=O) groups excluding carboxylic acids is 2. The summed E-state index contributed by atoms with van der Waals surface area (Å²) in [6.45, 7) is 4.65. The molecule has 60 heavy (non-hydrogen) atoms. The topological polar surface area (TPSA) is 157 Å². The fourth-order valence-electron chi connectivity index (χ4n) is 6.91. The number of rotatable bonds is 18. The van der Waals surface area contributed by atoms with Crippen molar-refractivity contribution < 1.29 is 27.8 Å². The molecule has 314 valence electrons. The van der Waals surface area contributed by atoms with Gasteiger partial charge in [0, 0.05) is 71.8 Å². The number of anilines is 2. The molecule has 0 radical (unpaired) electrons. The van der Waals surface area contributed by atoms with E-state index in [1.54, 1.807) is 36.0 Å². The summed E-state index contributed by atoms with van der Waals surface area (Å²) in [4.78, 5) is 51.5. The fourth-order valence-corrected chi connectivity index (χ4v) is 9.05. The number of benzene rings is 5. The Labute approximate surface area is 360 Å². The molecule has 5 aromatic rings. The van der Waals surface area contributed by atoms with Crippen LogP contribution in [0.2, 0.25) is 5.02 Å². The molecular formula is C44H49ClN7O6S2+. The Morgan fingerprint density at radius 3 is 2.23 bits per heavy atom. The molecule has 2 amide bonds. The molecule has 16 heteroatoms. The van der Waals surface area contributed by atoms with Gasteiger partial charge < -0.3 is 20.9 Å². The number of halogens is 1. The maximum Gasteiger partial charge on any atom is 0.341 e. The number of nitrogens with two attached hydrogens (primary N) is 1. The smallest absolute Gasteiger partial charge is 0.341 e. The van der Waals surface area contributed by atoms with E-state index in [0.717, 1.165) is 68.1 Å². The zero-order valence-electron chi connectivity index (χ0n) is 33.7. The van der Waals surface area contributed by atoms with Gasteiger partial charge in [0.15, 0.2) is 7.11 Å². The normalized spacial score (nSPS) is 13.8. The van der Waals surface area contributed by atoms with Gasteiger partial charge in [-0.1, -0.05) is 66.2 Å². The van der Waals surface area contributed by atoms with Crippen LogP contribution in [0.15, 0.2) is 125 Å². The van der Waals surface area contributed by atoms with Crippen LogP contribution in [0.4, 0.5) is 17.1 Å². The van der Waals surface area contributed by atoms with Crippen LogP contribution in [-0.4, -0.2) is 101 Å². The highest BCUT2D eigenvalue weighted by atomic mass is 35.5. The van der Waals surface area contributed by atoms with Gasteiger partial charge >= 0.3 is 5.69 Å². The van der Waals surface area contributed by atoms with Crippen molar-refractivity contribution in [2.24, 2.45) is 5.73 Å². The molecule has 0 bridgehead atoms. The summed E-state index contributed by atoms with van der Waals surface area (Å²) in [5, 5.41) is 3.98. The third-order valence-electron chi connectivity index (χ3n) is 10.2. The molecule has 0 aromatic heterocycles. The van der Waals surface area contributed by atoms with E-state index >= 15 is 0 Å². The molecule has 1 aliphatic rings. The van der Waals surface area contributed by atoms with Crippen LogP contribution < -0.4 is 20.7 Å². The zero-order valence-corrected chi connectivity index (χ0v) is 36.1. The van der Waals surface area contributed by atoms with E-state index in [9.17, 15) is 22.9 Å². The standard InChI is InChI=1S/C44H48ClN7O6S2/c1-49(2)22-21-35(30-59-37-10-5-4-6-11-37)47-42-40(43(46)53)27-38(28-41(42)52(55)58-3)60(56,57)48-44(54)32-15-19-36(20-16-32)51-25-23-50(24-26-51)29-33-9-7-8-12-39(33)31-13-17-34(45)18-14-31/h4-20,27-28,35H,21-26,29-30H2,1-3H3,(H3-,46,47,48,53,54,55)/p+1/t35-/m1/s1. The molecule has 1 fully saturated rings. The second kappa shape index (κ2) is 20.2. The lowest BCUT2D eigenvalue weighted by molar-refractivity contribution is -0.736. The van der Waals surface area contributed by atoms with Crippen molar-refractivity contribution >= 4 is 62.3 Å². The quantitative estimate of drug-likeness (QED) is 0.0613. The summed E-state index contributed by atoms with van der Waals surface area (Å²) < 4.78 is 29.5. The first-order valence-electron chi connectivity index (χ1n) is 19.4. The molecule has 1 atom stereocenters.